The van der Waals surface area contributed by atoms with Gasteiger partial charge in [0.2, 0.25) is 0 Å². The van der Waals surface area contributed by atoms with E-state index in [1.165, 1.54) is 11.8 Å². The number of nitrogens with zero attached hydrogens (tertiary/aromatic N) is 1. The highest BCUT2D eigenvalue weighted by atomic mass is 32.2. The molecule has 3 aromatic carbocycles. The summed E-state index contributed by atoms with van der Waals surface area (Å²) in [5, 5.41) is 2.24. The van der Waals surface area contributed by atoms with Crippen LogP contribution in [0.3, 0.4) is 0 Å². The third-order valence-corrected chi connectivity index (χ3v) is 5.06. The van der Waals surface area contributed by atoms with Crippen LogP contribution in [0, 0.1) is 0 Å². The van der Waals surface area contributed by atoms with Crippen molar-refractivity contribution in [2.24, 2.45) is 10.7 Å². The maximum Gasteiger partial charge on any atom is 0.195 e. The minimum atomic E-state index is -0.431. The number of Topliss-reactive ketones (excluding diaryl/α,β-unsaturated/α-hetero) is 1. The standard InChI is InChI=1S/C23H18N2O2S/c24-23-25-21(16-9-3-1-4-10-16)19(15-28-23)22(26)18-13-7-8-14-20(18)27-17-11-5-2-6-12-17/h1-15,21H,(H2,24,25). The van der Waals surface area contributed by atoms with E-state index in [2.05, 4.69) is 4.99 Å². The zero-order valence-electron chi connectivity index (χ0n) is 15.0. The monoisotopic (exact) mass is 386 g/mol. The van der Waals surface area contributed by atoms with Crippen LogP contribution in [0.5, 0.6) is 11.5 Å². The lowest BCUT2D eigenvalue weighted by Gasteiger charge is -2.21. The number of ketones is 1. The molecule has 2 N–H and O–H groups in total. The van der Waals surface area contributed by atoms with Crippen molar-refractivity contribution in [2.45, 2.75) is 6.04 Å². The Balaban J connectivity index is 1.69. The van der Waals surface area contributed by atoms with Crippen molar-refractivity contribution in [3.8, 4) is 11.5 Å². The Bertz CT molecular complexity index is 1050. The van der Waals surface area contributed by atoms with Gasteiger partial charge in [-0.25, -0.2) is 4.99 Å². The highest BCUT2D eigenvalue weighted by Gasteiger charge is 2.28. The van der Waals surface area contributed by atoms with Gasteiger partial charge in [0.05, 0.1) is 5.56 Å². The number of nitrogens with two attached hydrogens (primary N) is 1. The first-order valence-electron chi connectivity index (χ1n) is 8.84. The van der Waals surface area contributed by atoms with E-state index in [4.69, 9.17) is 10.5 Å². The van der Waals surface area contributed by atoms with Crippen LogP contribution in [0.15, 0.2) is 101 Å². The van der Waals surface area contributed by atoms with Crippen LogP contribution >= 0.6 is 11.8 Å². The van der Waals surface area contributed by atoms with Crippen molar-refractivity contribution >= 4 is 22.7 Å². The smallest absolute Gasteiger partial charge is 0.195 e. The van der Waals surface area contributed by atoms with E-state index in [0.717, 1.165) is 5.56 Å². The molecular weight excluding hydrogens is 368 g/mol. The summed E-state index contributed by atoms with van der Waals surface area (Å²) in [5.74, 6) is 1.07. The van der Waals surface area contributed by atoms with Crippen LogP contribution in [0.1, 0.15) is 22.0 Å². The Morgan fingerprint density at radius 3 is 2.29 bits per heavy atom. The van der Waals surface area contributed by atoms with Crippen molar-refractivity contribution < 1.29 is 9.53 Å². The SMILES string of the molecule is NC1=NC(c2ccccc2)C(C(=O)c2ccccc2Oc2ccccc2)=CS1. The number of hydrogen-bond acceptors (Lipinski definition) is 5. The minimum absolute atomic E-state index is 0.121. The molecule has 0 aromatic heterocycles. The first-order valence-corrected chi connectivity index (χ1v) is 9.72. The summed E-state index contributed by atoms with van der Waals surface area (Å²) in [7, 11) is 0. The lowest BCUT2D eigenvalue weighted by molar-refractivity contribution is 0.102. The third kappa shape index (κ3) is 3.85. The number of aliphatic imine (C=N–C) groups is 1. The van der Waals surface area contributed by atoms with Crippen LogP contribution in [0.2, 0.25) is 0 Å². The predicted molar refractivity (Wildman–Crippen MR) is 114 cm³/mol. The molecule has 1 heterocycles. The van der Waals surface area contributed by atoms with E-state index in [1.54, 1.807) is 17.5 Å². The first kappa shape index (κ1) is 18.1. The Kier molecular flexibility index (Phi) is 5.26. The summed E-state index contributed by atoms with van der Waals surface area (Å²) < 4.78 is 5.97. The molecule has 0 fully saturated rings. The number of carbonyl (C=O) groups excluding carboxylic acids is 1. The molecular formula is C23H18N2O2S. The van der Waals surface area contributed by atoms with Gasteiger partial charge in [-0.3, -0.25) is 4.79 Å². The van der Waals surface area contributed by atoms with Gasteiger partial charge in [-0.2, -0.15) is 0 Å². The lowest BCUT2D eigenvalue weighted by Crippen LogP contribution is -2.19. The second-order valence-corrected chi connectivity index (χ2v) is 7.10. The predicted octanol–water partition coefficient (Wildman–Crippen LogP) is 5.35. The fourth-order valence-corrected chi connectivity index (χ4v) is 3.65. The van der Waals surface area contributed by atoms with E-state index in [1.807, 2.05) is 72.8 Å². The molecule has 0 spiro atoms. The lowest BCUT2D eigenvalue weighted by atomic mass is 9.93. The highest BCUT2D eigenvalue weighted by Crippen LogP contribution is 2.36. The molecule has 4 nitrogen and oxygen atoms in total. The van der Waals surface area contributed by atoms with Crippen molar-refractivity contribution in [3.05, 3.63) is 107 Å². The van der Waals surface area contributed by atoms with Crippen molar-refractivity contribution in [2.75, 3.05) is 0 Å². The van der Waals surface area contributed by atoms with E-state index in [0.29, 0.717) is 27.8 Å². The van der Waals surface area contributed by atoms with Crippen LogP contribution in [-0.2, 0) is 0 Å². The van der Waals surface area contributed by atoms with Crippen molar-refractivity contribution in [3.63, 3.8) is 0 Å². The molecule has 1 atom stereocenters. The van der Waals surface area contributed by atoms with Crippen LogP contribution < -0.4 is 10.5 Å². The molecule has 5 heteroatoms. The minimum Gasteiger partial charge on any atom is -0.457 e. The molecule has 0 saturated heterocycles. The molecule has 0 aliphatic carbocycles. The number of hydrogen-bond donors (Lipinski definition) is 1. The largest absolute Gasteiger partial charge is 0.457 e. The Morgan fingerprint density at radius 2 is 1.54 bits per heavy atom. The van der Waals surface area contributed by atoms with Gasteiger partial charge in [0.25, 0.3) is 0 Å². The Hall–Kier alpha value is -3.31. The summed E-state index contributed by atoms with van der Waals surface area (Å²) in [6, 6.07) is 25.9. The topological polar surface area (TPSA) is 64.7 Å². The average molecular weight is 386 g/mol. The number of ether oxygens (including phenoxy) is 1. The second kappa shape index (κ2) is 8.15. The molecule has 1 aliphatic rings. The number of thioether (sulfide) groups is 1. The molecule has 0 saturated carbocycles. The molecule has 3 aromatic rings. The average Bonchev–Trinajstić information content (AvgIpc) is 2.75. The van der Waals surface area contributed by atoms with E-state index < -0.39 is 6.04 Å². The maximum absolute atomic E-state index is 13.4. The van der Waals surface area contributed by atoms with Crippen LogP contribution in [0.25, 0.3) is 0 Å². The summed E-state index contributed by atoms with van der Waals surface area (Å²) in [6.07, 6.45) is 0. The van der Waals surface area contributed by atoms with E-state index >= 15 is 0 Å². The van der Waals surface area contributed by atoms with Gasteiger partial charge in [0.15, 0.2) is 11.0 Å². The number of benzene rings is 3. The third-order valence-electron chi connectivity index (χ3n) is 4.34. The fraction of sp³-hybridized carbons (Fsp3) is 0.0435. The quantitative estimate of drug-likeness (QED) is 0.601. The molecule has 1 unspecified atom stereocenters. The van der Waals surface area contributed by atoms with Gasteiger partial charge < -0.3 is 10.5 Å². The zero-order valence-corrected chi connectivity index (χ0v) is 15.8. The van der Waals surface area contributed by atoms with Gasteiger partial charge >= 0.3 is 0 Å². The van der Waals surface area contributed by atoms with Crippen molar-refractivity contribution in [1.29, 1.82) is 0 Å². The maximum atomic E-state index is 13.4. The second-order valence-electron chi connectivity index (χ2n) is 6.21. The van der Waals surface area contributed by atoms with Gasteiger partial charge in [0.1, 0.15) is 17.5 Å². The van der Waals surface area contributed by atoms with Gasteiger partial charge in [-0.1, -0.05) is 72.4 Å². The van der Waals surface area contributed by atoms with Crippen molar-refractivity contribution in [1.82, 2.24) is 0 Å². The van der Waals surface area contributed by atoms with Crippen LogP contribution in [0.4, 0.5) is 0 Å². The molecule has 0 amide bonds. The van der Waals surface area contributed by atoms with Gasteiger partial charge in [-0.05, 0) is 35.2 Å². The van der Waals surface area contributed by atoms with E-state index in [-0.39, 0.29) is 5.78 Å². The number of para-hydroxylation sites is 2. The molecule has 0 radical (unpaired) electrons. The fourth-order valence-electron chi connectivity index (χ4n) is 3.00. The number of carbonyl (C=O) groups is 1. The zero-order chi connectivity index (χ0) is 19.3. The normalized spacial score (nSPS) is 16.1. The highest BCUT2D eigenvalue weighted by molar-refractivity contribution is 8.16. The molecule has 138 valence electrons. The van der Waals surface area contributed by atoms with E-state index in [9.17, 15) is 4.79 Å². The molecule has 1 aliphatic heterocycles. The summed E-state index contributed by atoms with van der Waals surface area (Å²) >= 11 is 1.26. The first-order chi connectivity index (χ1) is 13.7. The van der Waals surface area contributed by atoms with Gasteiger partial charge in [0, 0.05) is 5.57 Å². The van der Waals surface area contributed by atoms with Crippen LogP contribution in [-0.4, -0.2) is 11.0 Å². The molecule has 0 bridgehead atoms. The molecule has 4 rings (SSSR count). The summed E-state index contributed by atoms with van der Waals surface area (Å²) in [6.45, 7) is 0. The van der Waals surface area contributed by atoms with Gasteiger partial charge in [-0.15, -0.1) is 0 Å². The molecule has 28 heavy (non-hydrogen) atoms. The Labute approximate surface area is 167 Å². The number of amidine groups is 1. The summed E-state index contributed by atoms with van der Waals surface area (Å²) in [4.78, 5) is 18.0. The summed E-state index contributed by atoms with van der Waals surface area (Å²) in [5.41, 5.74) is 7.92. The Morgan fingerprint density at radius 1 is 0.893 bits per heavy atom. The number of rotatable bonds is 5.